The van der Waals surface area contributed by atoms with Crippen LogP contribution < -0.4 is 0 Å². The molecule has 0 amide bonds. The van der Waals surface area contributed by atoms with Gasteiger partial charge in [-0.15, -0.1) is 0 Å². The van der Waals surface area contributed by atoms with E-state index in [0.29, 0.717) is 11.0 Å². The average Bonchev–Trinajstić information content (AvgIpc) is 2.44. The Morgan fingerprint density at radius 3 is 2.18 bits per heavy atom. The van der Waals surface area contributed by atoms with Gasteiger partial charge in [0.05, 0.1) is 12.0 Å². The van der Waals surface area contributed by atoms with Gasteiger partial charge in [-0.05, 0) is 37.3 Å². The van der Waals surface area contributed by atoms with Crippen molar-refractivity contribution < 1.29 is 19.4 Å². The van der Waals surface area contributed by atoms with Crippen molar-refractivity contribution in [3.8, 4) is 0 Å². The third kappa shape index (κ3) is 7.81. The summed E-state index contributed by atoms with van der Waals surface area (Å²) in [5.41, 5.74) is 1.73. The summed E-state index contributed by atoms with van der Waals surface area (Å²) in [5.74, 6) is -1.16. The quantitative estimate of drug-likeness (QED) is 0.437. The minimum Gasteiger partial charge on any atom is -0.247 e. The molecule has 1 rings (SSSR count). The molecule has 1 aromatic carbocycles. The van der Waals surface area contributed by atoms with Crippen molar-refractivity contribution in [3.63, 3.8) is 0 Å². The molecule has 1 aromatic rings. The molecule has 4 heteroatoms. The summed E-state index contributed by atoms with van der Waals surface area (Å²) in [7, 11) is 0. The molecule has 0 heterocycles. The molecule has 0 atom stereocenters. The predicted molar refractivity (Wildman–Crippen MR) is 85.2 cm³/mol. The molecule has 0 saturated heterocycles. The molecule has 0 aliphatic carbocycles. The van der Waals surface area contributed by atoms with Crippen molar-refractivity contribution >= 4 is 11.9 Å². The summed E-state index contributed by atoms with van der Waals surface area (Å²) in [6.45, 7) is 8.53. The van der Waals surface area contributed by atoms with Crippen molar-refractivity contribution in [3.05, 3.63) is 35.4 Å². The molecule has 0 radical (unpaired) electrons. The number of hydrogen-bond acceptors (Lipinski definition) is 4. The van der Waals surface area contributed by atoms with Crippen LogP contribution in [-0.2, 0) is 14.6 Å². The number of aryl methyl sites for hydroxylation is 1. The Morgan fingerprint density at radius 2 is 1.59 bits per heavy atom. The van der Waals surface area contributed by atoms with Crippen LogP contribution in [0.2, 0.25) is 0 Å². The second kappa shape index (κ2) is 8.57. The van der Waals surface area contributed by atoms with Gasteiger partial charge in [0, 0.05) is 0 Å². The normalized spacial score (nSPS) is 11.1. The van der Waals surface area contributed by atoms with Crippen molar-refractivity contribution in [1.29, 1.82) is 0 Å². The third-order valence-electron chi connectivity index (χ3n) is 3.31. The van der Waals surface area contributed by atoms with Crippen LogP contribution in [0.25, 0.3) is 0 Å². The fraction of sp³-hybridized carbons (Fsp3) is 0.556. The lowest BCUT2D eigenvalue weighted by molar-refractivity contribution is -0.234. The van der Waals surface area contributed by atoms with E-state index in [-0.39, 0.29) is 6.42 Å². The largest absolute Gasteiger partial charge is 0.386 e. The van der Waals surface area contributed by atoms with Crippen LogP contribution in [0.3, 0.4) is 0 Å². The van der Waals surface area contributed by atoms with Gasteiger partial charge in [0.25, 0.3) is 0 Å². The number of benzene rings is 1. The Hall–Kier alpha value is -1.84. The molecule has 0 aliphatic rings. The van der Waals surface area contributed by atoms with Gasteiger partial charge in [0.2, 0.25) is 0 Å². The van der Waals surface area contributed by atoms with Gasteiger partial charge in [-0.25, -0.2) is 19.4 Å². The predicted octanol–water partition coefficient (Wildman–Crippen LogP) is 4.61. The van der Waals surface area contributed by atoms with E-state index in [1.54, 1.807) is 24.3 Å². The first-order chi connectivity index (χ1) is 10.3. The first-order valence-electron chi connectivity index (χ1n) is 7.76. The maximum atomic E-state index is 11.6. The van der Waals surface area contributed by atoms with Crippen molar-refractivity contribution in [2.24, 2.45) is 5.41 Å². The van der Waals surface area contributed by atoms with Gasteiger partial charge in [0.1, 0.15) is 0 Å². The Morgan fingerprint density at radius 1 is 0.955 bits per heavy atom. The van der Waals surface area contributed by atoms with Crippen molar-refractivity contribution in [2.75, 3.05) is 0 Å². The van der Waals surface area contributed by atoms with Crippen LogP contribution in [-0.4, -0.2) is 11.9 Å². The summed E-state index contributed by atoms with van der Waals surface area (Å²) >= 11 is 0. The first kappa shape index (κ1) is 18.2. The summed E-state index contributed by atoms with van der Waals surface area (Å²) in [6.07, 6.45) is 4.20. The number of unbranched alkanes of at least 4 members (excludes halogenated alkanes) is 2. The lowest BCUT2D eigenvalue weighted by atomic mass is 9.89. The van der Waals surface area contributed by atoms with Gasteiger partial charge in [-0.1, -0.05) is 51.3 Å². The van der Waals surface area contributed by atoms with Crippen molar-refractivity contribution in [2.45, 2.75) is 59.8 Å². The van der Waals surface area contributed by atoms with E-state index in [1.165, 1.54) is 0 Å². The minimum atomic E-state index is -0.652. The van der Waals surface area contributed by atoms with Gasteiger partial charge in [-0.3, -0.25) is 0 Å². The van der Waals surface area contributed by atoms with Gasteiger partial charge >= 0.3 is 11.9 Å². The Balaban J connectivity index is 2.18. The SMILES string of the molecule is Cc1ccc(C(=O)OOC(=O)CCCCCC(C)(C)C)cc1. The second-order valence-corrected chi connectivity index (χ2v) is 6.81. The highest BCUT2D eigenvalue weighted by atomic mass is 17.2. The molecule has 0 unspecified atom stereocenters. The van der Waals surface area contributed by atoms with Crippen LogP contribution in [0.4, 0.5) is 0 Å². The molecular formula is C18H26O4. The Bertz CT molecular complexity index is 483. The van der Waals surface area contributed by atoms with Crippen LogP contribution in [0.15, 0.2) is 24.3 Å². The average molecular weight is 306 g/mol. The maximum absolute atomic E-state index is 11.6. The van der Waals surface area contributed by atoms with Gasteiger partial charge in [0.15, 0.2) is 0 Å². The number of carbonyl (C=O) groups excluding carboxylic acids is 2. The highest BCUT2D eigenvalue weighted by Crippen LogP contribution is 2.22. The molecule has 0 aromatic heterocycles. The van der Waals surface area contributed by atoms with E-state index in [1.807, 2.05) is 6.92 Å². The summed E-state index contributed by atoms with van der Waals surface area (Å²) in [4.78, 5) is 32.2. The topological polar surface area (TPSA) is 52.6 Å². The first-order valence-corrected chi connectivity index (χ1v) is 7.76. The lowest BCUT2D eigenvalue weighted by Crippen LogP contribution is -2.11. The zero-order chi connectivity index (χ0) is 16.6. The van der Waals surface area contributed by atoms with Crippen LogP contribution >= 0.6 is 0 Å². The monoisotopic (exact) mass is 306 g/mol. The van der Waals surface area contributed by atoms with Crippen LogP contribution in [0.5, 0.6) is 0 Å². The Kier molecular flexibility index (Phi) is 7.09. The molecule has 0 saturated carbocycles. The molecule has 0 bridgehead atoms. The standard InChI is InChI=1S/C18H26O4/c1-14-9-11-15(12-10-14)17(20)22-21-16(19)8-6-5-7-13-18(2,3)4/h9-12H,5-8,13H2,1-4H3. The molecule has 0 aliphatic heterocycles. The van der Waals surface area contributed by atoms with E-state index >= 15 is 0 Å². The lowest BCUT2D eigenvalue weighted by Gasteiger charge is -2.17. The zero-order valence-electron chi connectivity index (χ0n) is 14.0. The number of rotatable bonds is 6. The van der Waals surface area contributed by atoms with E-state index in [0.717, 1.165) is 31.2 Å². The van der Waals surface area contributed by atoms with Gasteiger partial charge in [-0.2, -0.15) is 0 Å². The van der Waals surface area contributed by atoms with E-state index in [2.05, 4.69) is 30.5 Å². The fourth-order valence-corrected chi connectivity index (χ4v) is 1.97. The summed E-state index contributed by atoms with van der Waals surface area (Å²) in [5, 5.41) is 0. The van der Waals surface area contributed by atoms with E-state index in [9.17, 15) is 9.59 Å². The number of carbonyl (C=O) groups is 2. The molecule has 4 nitrogen and oxygen atoms in total. The van der Waals surface area contributed by atoms with E-state index in [4.69, 9.17) is 0 Å². The number of hydrogen-bond donors (Lipinski definition) is 0. The third-order valence-corrected chi connectivity index (χ3v) is 3.31. The molecular weight excluding hydrogens is 280 g/mol. The second-order valence-electron chi connectivity index (χ2n) is 6.81. The Labute approximate surface area is 132 Å². The highest BCUT2D eigenvalue weighted by Gasteiger charge is 2.13. The highest BCUT2D eigenvalue weighted by molar-refractivity contribution is 5.89. The minimum absolute atomic E-state index is 0.269. The van der Waals surface area contributed by atoms with Crippen LogP contribution in [0.1, 0.15) is 68.8 Å². The molecule has 22 heavy (non-hydrogen) atoms. The zero-order valence-corrected chi connectivity index (χ0v) is 14.0. The summed E-state index contributed by atoms with van der Waals surface area (Å²) in [6, 6.07) is 6.87. The maximum Gasteiger partial charge on any atom is 0.386 e. The molecule has 122 valence electrons. The van der Waals surface area contributed by atoms with Crippen molar-refractivity contribution in [1.82, 2.24) is 0 Å². The van der Waals surface area contributed by atoms with E-state index < -0.39 is 11.9 Å². The molecule has 0 spiro atoms. The smallest absolute Gasteiger partial charge is 0.247 e. The fourth-order valence-electron chi connectivity index (χ4n) is 1.97. The van der Waals surface area contributed by atoms with Gasteiger partial charge < -0.3 is 0 Å². The van der Waals surface area contributed by atoms with Crippen LogP contribution in [0, 0.1) is 12.3 Å². The molecule has 0 N–H and O–H groups in total. The summed E-state index contributed by atoms with van der Waals surface area (Å²) < 4.78 is 0. The molecule has 0 fully saturated rings.